The van der Waals surface area contributed by atoms with E-state index >= 15 is 0 Å². The minimum atomic E-state index is -0.0568. The molecule has 1 heterocycles. The monoisotopic (exact) mass is 188 g/mol. The van der Waals surface area contributed by atoms with Crippen LogP contribution < -0.4 is 10.6 Å². The van der Waals surface area contributed by atoms with Gasteiger partial charge < -0.3 is 10.6 Å². The summed E-state index contributed by atoms with van der Waals surface area (Å²) >= 11 is 1.95. The molecule has 1 aliphatic rings. The van der Waals surface area contributed by atoms with E-state index in [4.69, 9.17) is 0 Å². The molecule has 0 radical (unpaired) electrons. The van der Waals surface area contributed by atoms with Crippen LogP contribution >= 0.6 is 11.8 Å². The fraction of sp³-hybridized carbons (Fsp3) is 0.875. The zero-order valence-electron chi connectivity index (χ0n) is 7.59. The van der Waals surface area contributed by atoms with Crippen molar-refractivity contribution in [1.29, 1.82) is 0 Å². The van der Waals surface area contributed by atoms with Gasteiger partial charge in [0.25, 0.3) is 0 Å². The van der Waals surface area contributed by atoms with E-state index in [-0.39, 0.29) is 11.9 Å². The Labute approximate surface area is 77.7 Å². The molecule has 1 fully saturated rings. The van der Waals surface area contributed by atoms with Crippen molar-refractivity contribution < 1.29 is 4.79 Å². The largest absolute Gasteiger partial charge is 0.358 e. The maximum atomic E-state index is 11.1. The zero-order valence-corrected chi connectivity index (χ0v) is 8.41. The van der Waals surface area contributed by atoms with E-state index in [9.17, 15) is 4.79 Å². The van der Waals surface area contributed by atoms with E-state index in [1.54, 1.807) is 7.05 Å². The molecule has 70 valence electrons. The number of nitrogens with one attached hydrogen (secondary N) is 2. The molecule has 0 spiro atoms. The molecular weight excluding hydrogens is 172 g/mol. The predicted molar refractivity (Wildman–Crippen MR) is 52.4 cm³/mol. The average Bonchev–Trinajstić information content (AvgIpc) is 2.55. The molecule has 1 rings (SSSR count). The van der Waals surface area contributed by atoms with Crippen molar-refractivity contribution >= 4 is 17.7 Å². The normalized spacial score (nSPS) is 25.3. The zero-order chi connectivity index (χ0) is 8.97. The van der Waals surface area contributed by atoms with Crippen LogP contribution in [0.25, 0.3) is 0 Å². The number of hydrogen-bond acceptors (Lipinski definition) is 3. The third-order valence-corrected chi connectivity index (χ3v) is 3.22. The van der Waals surface area contributed by atoms with Gasteiger partial charge in [-0.05, 0) is 19.1 Å². The highest BCUT2D eigenvalue weighted by Crippen LogP contribution is 2.17. The van der Waals surface area contributed by atoms with Gasteiger partial charge in [-0.2, -0.15) is 11.8 Å². The van der Waals surface area contributed by atoms with Crippen LogP contribution in [-0.2, 0) is 4.79 Å². The lowest BCUT2D eigenvalue weighted by atomic mass is 10.2. The standard InChI is InChI=1S/C8H16N2OS/c1-6(8(11)9-2)10-7-3-4-12-5-7/h6-7,10H,3-5H2,1-2H3,(H,9,11). The van der Waals surface area contributed by atoms with Gasteiger partial charge in [-0.15, -0.1) is 0 Å². The molecule has 1 aliphatic heterocycles. The number of likely N-dealkylation sites (N-methyl/N-ethyl adjacent to an activating group) is 1. The summed E-state index contributed by atoms with van der Waals surface area (Å²) < 4.78 is 0. The Morgan fingerprint density at radius 3 is 2.92 bits per heavy atom. The summed E-state index contributed by atoms with van der Waals surface area (Å²) in [5.74, 6) is 2.44. The Hall–Kier alpha value is -0.220. The second-order valence-corrected chi connectivity index (χ2v) is 4.21. The Kier molecular flexibility index (Phi) is 3.88. The lowest BCUT2D eigenvalue weighted by Gasteiger charge is -2.16. The van der Waals surface area contributed by atoms with Crippen LogP contribution in [0.3, 0.4) is 0 Å². The van der Waals surface area contributed by atoms with Crippen LogP contribution in [0.15, 0.2) is 0 Å². The predicted octanol–water partition coefficient (Wildman–Crippen LogP) is 0.216. The molecule has 0 bridgehead atoms. The SMILES string of the molecule is CNC(=O)C(C)NC1CCSC1. The second-order valence-electron chi connectivity index (χ2n) is 3.06. The van der Waals surface area contributed by atoms with E-state index < -0.39 is 0 Å². The minimum Gasteiger partial charge on any atom is -0.358 e. The maximum Gasteiger partial charge on any atom is 0.236 e. The third kappa shape index (κ3) is 2.68. The average molecular weight is 188 g/mol. The van der Waals surface area contributed by atoms with Crippen LogP contribution in [0.1, 0.15) is 13.3 Å². The highest BCUT2D eigenvalue weighted by Gasteiger charge is 2.19. The topological polar surface area (TPSA) is 41.1 Å². The number of carbonyl (C=O) groups excluding carboxylic acids is 1. The van der Waals surface area contributed by atoms with Crippen LogP contribution in [0, 0.1) is 0 Å². The minimum absolute atomic E-state index is 0.0568. The summed E-state index contributed by atoms with van der Waals surface area (Å²) in [5.41, 5.74) is 0. The first-order chi connectivity index (χ1) is 5.74. The van der Waals surface area contributed by atoms with Crippen molar-refractivity contribution in [3.63, 3.8) is 0 Å². The van der Waals surface area contributed by atoms with Gasteiger partial charge >= 0.3 is 0 Å². The molecule has 3 nitrogen and oxygen atoms in total. The number of carbonyl (C=O) groups is 1. The van der Waals surface area contributed by atoms with E-state index in [0.717, 1.165) is 5.75 Å². The number of rotatable bonds is 3. The first kappa shape index (κ1) is 9.86. The van der Waals surface area contributed by atoms with Crippen molar-refractivity contribution in [1.82, 2.24) is 10.6 Å². The summed E-state index contributed by atoms with van der Waals surface area (Å²) in [4.78, 5) is 11.1. The lowest BCUT2D eigenvalue weighted by Crippen LogP contribution is -2.45. The van der Waals surface area contributed by atoms with Crippen LogP contribution in [-0.4, -0.2) is 36.5 Å². The van der Waals surface area contributed by atoms with Crippen molar-refractivity contribution in [3.8, 4) is 0 Å². The van der Waals surface area contributed by atoms with Crippen LogP contribution in [0.2, 0.25) is 0 Å². The summed E-state index contributed by atoms with van der Waals surface area (Å²) in [6.07, 6.45) is 1.19. The van der Waals surface area contributed by atoms with Crippen molar-refractivity contribution in [2.24, 2.45) is 0 Å². The van der Waals surface area contributed by atoms with Gasteiger partial charge in [0.1, 0.15) is 0 Å². The Bertz CT molecular complexity index is 157. The van der Waals surface area contributed by atoms with Gasteiger partial charge in [-0.3, -0.25) is 4.79 Å². The highest BCUT2D eigenvalue weighted by molar-refractivity contribution is 7.99. The summed E-state index contributed by atoms with van der Waals surface area (Å²) in [6.45, 7) is 1.90. The fourth-order valence-electron chi connectivity index (χ4n) is 1.31. The number of amides is 1. The molecule has 0 aromatic rings. The summed E-state index contributed by atoms with van der Waals surface area (Å²) in [7, 11) is 1.67. The molecule has 0 aromatic heterocycles. The highest BCUT2D eigenvalue weighted by atomic mass is 32.2. The second kappa shape index (κ2) is 4.72. The van der Waals surface area contributed by atoms with Gasteiger partial charge in [0.2, 0.25) is 5.91 Å². The molecule has 0 saturated carbocycles. The Balaban J connectivity index is 2.24. The molecule has 0 aliphatic carbocycles. The van der Waals surface area contributed by atoms with E-state index in [2.05, 4.69) is 10.6 Å². The summed E-state index contributed by atoms with van der Waals surface area (Å²) in [6, 6.07) is 0.473. The van der Waals surface area contributed by atoms with Crippen molar-refractivity contribution in [2.45, 2.75) is 25.4 Å². The number of hydrogen-bond donors (Lipinski definition) is 2. The van der Waals surface area contributed by atoms with Gasteiger partial charge in [0.05, 0.1) is 6.04 Å². The molecule has 12 heavy (non-hydrogen) atoms. The molecule has 1 saturated heterocycles. The van der Waals surface area contributed by atoms with Gasteiger partial charge in [-0.25, -0.2) is 0 Å². The van der Waals surface area contributed by atoms with E-state index in [1.165, 1.54) is 12.2 Å². The molecule has 2 unspecified atom stereocenters. The van der Waals surface area contributed by atoms with Crippen molar-refractivity contribution in [3.05, 3.63) is 0 Å². The molecule has 2 N–H and O–H groups in total. The summed E-state index contributed by atoms with van der Waals surface area (Å²) in [5, 5.41) is 5.93. The van der Waals surface area contributed by atoms with Gasteiger partial charge in [0.15, 0.2) is 0 Å². The molecule has 2 atom stereocenters. The quantitative estimate of drug-likeness (QED) is 0.665. The Morgan fingerprint density at radius 2 is 2.42 bits per heavy atom. The maximum absolute atomic E-state index is 11.1. The first-order valence-corrected chi connectivity index (χ1v) is 5.45. The number of thioether (sulfide) groups is 1. The fourth-order valence-corrected chi connectivity index (χ4v) is 2.48. The smallest absolute Gasteiger partial charge is 0.236 e. The van der Waals surface area contributed by atoms with Crippen LogP contribution in [0.4, 0.5) is 0 Å². The first-order valence-electron chi connectivity index (χ1n) is 4.29. The van der Waals surface area contributed by atoms with Crippen LogP contribution in [0.5, 0.6) is 0 Å². The molecule has 0 aromatic carbocycles. The van der Waals surface area contributed by atoms with Crippen molar-refractivity contribution in [2.75, 3.05) is 18.6 Å². The molecular formula is C8H16N2OS. The van der Waals surface area contributed by atoms with Gasteiger partial charge in [0, 0.05) is 18.8 Å². The van der Waals surface area contributed by atoms with E-state index in [1.807, 2.05) is 18.7 Å². The molecule has 4 heteroatoms. The Morgan fingerprint density at radius 1 is 1.67 bits per heavy atom. The van der Waals surface area contributed by atoms with E-state index in [0.29, 0.717) is 6.04 Å². The molecule has 1 amide bonds. The lowest BCUT2D eigenvalue weighted by molar-refractivity contribution is -0.122. The third-order valence-electron chi connectivity index (χ3n) is 2.06. The van der Waals surface area contributed by atoms with Gasteiger partial charge in [-0.1, -0.05) is 0 Å².